The number of benzene rings is 2. The van der Waals surface area contributed by atoms with Crippen LogP contribution in [0.15, 0.2) is 67.4 Å². The van der Waals surface area contributed by atoms with Crippen molar-refractivity contribution in [1.29, 1.82) is 0 Å². The predicted octanol–water partition coefficient (Wildman–Crippen LogP) is 6.09. The van der Waals surface area contributed by atoms with Crippen molar-refractivity contribution in [3.05, 3.63) is 84.1 Å². The Labute approximate surface area is 140 Å². The molecule has 23 heavy (non-hydrogen) atoms. The lowest BCUT2D eigenvalue weighted by Crippen LogP contribution is -2.04. The van der Waals surface area contributed by atoms with Crippen molar-refractivity contribution in [2.24, 2.45) is 5.92 Å². The molecule has 0 bridgehead atoms. The Balaban J connectivity index is 2.01. The van der Waals surface area contributed by atoms with E-state index in [1.54, 1.807) is 6.20 Å². The van der Waals surface area contributed by atoms with Crippen LogP contribution in [0.1, 0.15) is 37.0 Å². The van der Waals surface area contributed by atoms with Gasteiger partial charge in [-0.25, -0.2) is 0 Å². The highest BCUT2D eigenvalue weighted by atomic mass is 14.8. The molecule has 1 unspecified atom stereocenters. The SMILES string of the molecule is C=CNc1ccc(CC(C)CCc2ccccc2)c(/C=C\C)c1. The summed E-state index contributed by atoms with van der Waals surface area (Å²) in [6.07, 6.45) is 9.49. The lowest BCUT2D eigenvalue weighted by molar-refractivity contribution is 0.530. The van der Waals surface area contributed by atoms with Crippen LogP contribution in [0.4, 0.5) is 5.69 Å². The minimum atomic E-state index is 0.664. The van der Waals surface area contributed by atoms with Crippen LogP contribution in [0, 0.1) is 5.92 Å². The van der Waals surface area contributed by atoms with Crippen LogP contribution in [0.25, 0.3) is 6.08 Å². The van der Waals surface area contributed by atoms with E-state index in [-0.39, 0.29) is 0 Å². The Hall–Kier alpha value is -2.28. The summed E-state index contributed by atoms with van der Waals surface area (Å²) in [5, 5.41) is 3.16. The average molecular weight is 305 g/mol. The molecule has 1 N–H and O–H groups in total. The van der Waals surface area contributed by atoms with Crippen molar-refractivity contribution in [2.45, 2.75) is 33.1 Å². The molecule has 0 heterocycles. The summed E-state index contributed by atoms with van der Waals surface area (Å²) in [6.45, 7) is 8.14. The normalized spacial score (nSPS) is 12.3. The Morgan fingerprint density at radius 1 is 1.13 bits per heavy atom. The van der Waals surface area contributed by atoms with Crippen molar-refractivity contribution >= 4 is 11.8 Å². The highest BCUT2D eigenvalue weighted by molar-refractivity contribution is 5.61. The molecular weight excluding hydrogens is 278 g/mol. The van der Waals surface area contributed by atoms with Crippen molar-refractivity contribution in [2.75, 3.05) is 5.32 Å². The van der Waals surface area contributed by atoms with Crippen LogP contribution in [0.5, 0.6) is 0 Å². The van der Waals surface area contributed by atoms with Crippen molar-refractivity contribution in [3.8, 4) is 0 Å². The maximum Gasteiger partial charge on any atom is 0.0385 e. The number of hydrogen-bond acceptors (Lipinski definition) is 1. The Kier molecular flexibility index (Phi) is 6.68. The fraction of sp³-hybridized carbons (Fsp3) is 0.273. The zero-order valence-electron chi connectivity index (χ0n) is 14.3. The van der Waals surface area contributed by atoms with Gasteiger partial charge in [0.1, 0.15) is 0 Å². The van der Waals surface area contributed by atoms with E-state index in [1.807, 2.05) is 0 Å². The van der Waals surface area contributed by atoms with Gasteiger partial charge >= 0.3 is 0 Å². The molecule has 0 aromatic heterocycles. The zero-order valence-corrected chi connectivity index (χ0v) is 14.3. The van der Waals surface area contributed by atoms with E-state index in [9.17, 15) is 0 Å². The predicted molar refractivity (Wildman–Crippen MR) is 103 cm³/mol. The Morgan fingerprint density at radius 3 is 2.61 bits per heavy atom. The number of nitrogens with one attached hydrogen (secondary N) is 1. The highest BCUT2D eigenvalue weighted by Gasteiger charge is 2.08. The molecule has 0 saturated carbocycles. The van der Waals surface area contributed by atoms with E-state index >= 15 is 0 Å². The van der Waals surface area contributed by atoms with Gasteiger partial charge in [0.05, 0.1) is 0 Å². The van der Waals surface area contributed by atoms with Gasteiger partial charge < -0.3 is 5.32 Å². The summed E-state index contributed by atoms with van der Waals surface area (Å²) in [4.78, 5) is 0. The summed E-state index contributed by atoms with van der Waals surface area (Å²) in [5.41, 5.74) is 5.23. The van der Waals surface area contributed by atoms with Crippen LogP contribution in [-0.2, 0) is 12.8 Å². The Morgan fingerprint density at radius 2 is 1.91 bits per heavy atom. The fourth-order valence-corrected chi connectivity index (χ4v) is 2.86. The van der Waals surface area contributed by atoms with Crippen molar-refractivity contribution in [1.82, 2.24) is 0 Å². The maximum atomic E-state index is 3.73. The second-order valence-corrected chi connectivity index (χ2v) is 6.10. The molecule has 2 rings (SSSR count). The van der Waals surface area contributed by atoms with Gasteiger partial charge in [-0.3, -0.25) is 0 Å². The second kappa shape index (κ2) is 8.99. The molecule has 0 aliphatic carbocycles. The number of hydrogen-bond donors (Lipinski definition) is 1. The number of anilines is 1. The largest absolute Gasteiger partial charge is 0.362 e. The molecule has 1 nitrogen and oxygen atoms in total. The highest BCUT2D eigenvalue weighted by Crippen LogP contribution is 2.22. The van der Waals surface area contributed by atoms with Crippen LogP contribution in [-0.4, -0.2) is 0 Å². The van der Waals surface area contributed by atoms with Crippen LogP contribution < -0.4 is 5.32 Å². The molecule has 120 valence electrons. The zero-order chi connectivity index (χ0) is 16.5. The topological polar surface area (TPSA) is 12.0 Å². The molecule has 0 aliphatic rings. The molecule has 0 fully saturated rings. The summed E-state index contributed by atoms with van der Waals surface area (Å²) in [6, 6.07) is 17.3. The summed E-state index contributed by atoms with van der Waals surface area (Å²) >= 11 is 0. The molecule has 0 aliphatic heterocycles. The number of allylic oxidation sites excluding steroid dienone is 1. The quantitative estimate of drug-likeness (QED) is 0.622. The number of rotatable bonds is 8. The van der Waals surface area contributed by atoms with Crippen LogP contribution >= 0.6 is 0 Å². The molecule has 0 saturated heterocycles. The average Bonchev–Trinajstić information content (AvgIpc) is 2.57. The smallest absolute Gasteiger partial charge is 0.0385 e. The van der Waals surface area contributed by atoms with Crippen LogP contribution in [0.3, 0.4) is 0 Å². The van der Waals surface area contributed by atoms with Gasteiger partial charge in [-0.15, -0.1) is 0 Å². The molecule has 1 heteroatoms. The van der Waals surface area contributed by atoms with E-state index in [0.717, 1.165) is 18.5 Å². The van der Waals surface area contributed by atoms with Gasteiger partial charge in [0, 0.05) is 5.69 Å². The molecule has 2 aromatic carbocycles. The molecule has 0 spiro atoms. The lowest BCUT2D eigenvalue weighted by Gasteiger charge is -2.15. The third kappa shape index (κ3) is 5.45. The molecular formula is C22H27N. The van der Waals surface area contributed by atoms with Crippen molar-refractivity contribution < 1.29 is 0 Å². The molecule has 1 atom stereocenters. The van der Waals surface area contributed by atoms with E-state index in [0.29, 0.717) is 5.92 Å². The summed E-state index contributed by atoms with van der Waals surface area (Å²) < 4.78 is 0. The maximum absolute atomic E-state index is 3.73. The van der Waals surface area contributed by atoms with Gasteiger partial charge in [-0.1, -0.05) is 62.1 Å². The first-order valence-corrected chi connectivity index (χ1v) is 8.40. The monoisotopic (exact) mass is 305 g/mol. The van der Waals surface area contributed by atoms with Gasteiger partial charge in [-0.05, 0) is 67.1 Å². The van der Waals surface area contributed by atoms with E-state index in [2.05, 4.69) is 86.4 Å². The van der Waals surface area contributed by atoms with E-state index < -0.39 is 0 Å². The molecule has 0 radical (unpaired) electrons. The third-order valence-electron chi connectivity index (χ3n) is 4.10. The second-order valence-electron chi connectivity index (χ2n) is 6.10. The van der Waals surface area contributed by atoms with Gasteiger partial charge in [0.2, 0.25) is 0 Å². The number of aryl methyl sites for hydroxylation is 1. The summed E-state index contributed by atoms with van der Waals surface area (Å²) in [7, 11) is 0. The van der Waals surface area contributed by atoms with Gasteiger partial charge in [0.25, 0.3) is 0 Å². The lowest BCUT2D eigenvalue weighted by atomic mass is 9.92. The fourth-order valence-electron chi connectivity index (χ4n) is 2.86. The molecule has 2 aromatic rings. The van der Waals surface area contributed by atoms with E-state index in [4.69, 9.17) is 0 Å². The van der Waals surface area contributed by atoms with Crippen molar-refractivity contribution in [3.63, 3.8) is 0 Å². The first kappa shape index (κ1) is 17.1. The summed E-state index contributed by atoms with van der Waals surface area (Å²) in [5.74, 6) is 0.664. The van der Waals surface area contributed by atoms with Crippen LogP contribution in [0.2, 0.25) is 0 Å². The standard InChI is InChI=1S/C22H27N/c1-4-9-20-17-22(23-5-2)15-14-21(20)16-18(3)12-13-19-10-7-6-8-11-19/h4-11,14-15,17-18,23H,2,12-13,16H2,1,3H3/b9-4-. The first-order chi connectivity index (χ1) is 11.2. The van der Waals surface area contributed by atoms with Gasteiger partial charge in [0.15, 0.2) is 0 Å². The molecule has 0 amide bonds. The van der Waals surface area contributed by atoms with Gasteiger partial charge in [-0.2, -0.15) is 0 Å². The minimum absolute atomic E-state index is 0.664. The Bertz CT molecular complexity index is 640. The van der Waals surface area contributed by atoms with E-state index in [1.165, 1.54) is 23.1 Å². The first-order valence-electron chi connectivity index (χ1n) is 8.40. The third-order valence-corrected chi connectivity index (χ3v) is 4.10. The minimum Gasteiger partial charge on any atom is -0.362 e.